The number of rotatable bonds is 3. The van der Waals surface area contributed by atoms with E-state index < -0.39 is 10.0 Å². The van der Waals surface area contributed by atoms with Crippen LogP contribution in [-0.4, -0.2) is 14.5 Å². The third kappa shape index (κ3) is 3.06. The third-order valence-corrected chi connectivity index (χ3v) is 6.79. The first-order valence-corrected chi connectivity index (χ1v) is 10.4. The van der Waals surface area contributed by atoms with Gasteiger partial charge < -0.3 is 0 Å². The lowest BCUT2D eigenvalue weighted by molar-refractivity contribution is 0.587. The predicted octanol–water partition coefficient (Wildman–Crippen LogP) is 5.02. The van der Waals surface area contributed by atoms with E-state index in [0.717, 1.165) is 22.3 Å². The molecule has 0 radical (unpaired) electrons. The van der Waals surface area contributed by atoms with Crippen molar-refractivity contribution in [3.63, 3.8) is 0 Å². The van der Waals surface area contributed by atoms with Crippen molar-refractivity contribution in [1.82, 2.24) is 0 Å². The molecule has 1 heterocycles. The van der Waals surface area contributed by atoms with E-state index in [1.807, 2.05) is 74.5 Å². The highest BCUT2D eigenvalue weighted by molar-refractivity contribution is 7.92. The van der Waals surface area contributed by atoms with E-state index in [9.17, 15) is 8.42 Å². The standard InChI is InChI=1S/C23H21NO2S/c1-17-12-14-20(15-13-17)27(25,26)24-18(2)16-22(19-8-4-3-5-9-19)21-10-6-7-11-23(21)24/h3-16,18H,1-2H3. The largest absolute Gasteiger partial charge is 0.264 e. The van der Waals surface area contributed by atoms with Gasteiger partial charge in [0.2, 0.25) is 0 Å². The molecule has 136 valence electrons. The van der Waals surface area contributed by atoms with Crippen LogP contribution in [0, 0.1) is 6.92 Å². The van der Waals surface area contributed by atoms with Gasteiger partial charge in [0.25, 0.3) is 10.0 Å². The van der Waals surface area contributed by atoms with Crippen LogP contribution in [0.5, 0.6) is 0 Å². The maximum Gasteiger partial charge on any atom is 0.264 e. The zero-order valence-electron chi connectivity index (χ0n) is 15.3. The average Bonchev–Trinajstić information content (AvgIpc) is 2.68. The Labute approximate surface area is 160 Å². The normalized spacial score (nSPS) is 16.6. The number of anilines is 1. The summed E-state index contributed by atoms with van der Waals surface area (Å²) in [6.45, 7) is 3.87. The van der Waals surface area contributed by atoms with Crippen LogP contribution in [0.3, 0.4) is 0 Å². The molecule has 0 saturated heterocycles. The smallest absolute Gasteiger partial charge is 0.259 e. The Kier molecular flexibility index (Phi) is 4.36. The molecule has 3 aromatic carbocycles. The Bertz CT molecular complexity index is 1100. The summed E-state index contributed by atoms with van der Waals surface area (Å²) in [6.07, 6.45) is 2.03. The molecule has 1 aliphatic heterocycles. The van der Waals surface area contributed by atoms with Gasteiger partial charge in [-0.05, 0) is 43.2 Å². The Morgan fingerprint density at radius 2 is 1.44 bits per heavy atom. The topological polar surface area (TPSA) is 37.4 Å². The average molecular weight is 375 g/mol. The first-order chi connectivity index (χ1) is 13.0. The first-order valence-electron chi connectivity index (χ1n) is 8.96. The van der Waals surface area contributed by atoms with Crippen LogP contribution < -0.4 is 4.31 Å². The lowest BCUT2D eigenvalue weighted by Gasteiger charge is -2.35. The van der Waals surface area contributed by atoms with Gasteiger partial charge in [-0.3, -0.25) is 4.31 Å². The van der Waals surface area contributed by atoms with Gasteiger partial charge in [-0.15, -0.1) is 0 Å². The van der Waals surface area contributed by atoms with E-state index in [1.54, 1.807) is 12.1 Å². The van der Waals surface area contributed by atoms with E-state index >= 15 is 0 Å². The third-order valence-electron chi connectivity index (χ3n) is 4.87. The summed E-state index contributed by atoms with van der Waals surface area (Å²) in [7, 11) is -3.66. The van der Waals surface area contributed by atoms with E-state index in [1.165, 1.54) is 4.31 Å². The predicted molar refractivity (Wildman–Crippen MR) is 110 cm³/mol. The number of benzene rings is 3. The van der Waals surface area contributed by atoms with Crippen LogP contribution in [0.4, 0.5) is 5.69 Å². The minimum atomic E-state index is -3.66. The summed E-state index contributed by atoms with van der Waals surface area (Å²) in [6, 6.07) is 24.5. The van der Waals surface area contributed by atoms with Gasteiger partial charge in [-0.1, -0.05) is 72.3 Å². The van der Waals surface area contributed by atoms with Crippen molar-refractivity contribution in [3.05, 3.63) is 102 Å². The number of nitrogens with zero attached hydrogens (tertiary/aromatic N) is 1. The molecule has 1 aliphatic rings. The highest BCUT2D eigenvalue weighted by Crippen LogP contribution is 2.40. The summed E-state index contributed by atoms with van der Waals surface area (Å²) in [5.41, 5.74) is 4.83. The molecule has 0 spiro atoms. The summed E-state index contributed by atoms with van der Waals surface area (Å²) in [5, 5.41) is 0. The molecule has 1 atom stereocenters. The van der Waals surface area contributed by atoms with Crippen LogP contribution in [-0.2, 0) is 10.0 Å². The van der Waals surface area contributed by atoms with Gasteiger partial charge >= 0.3 is 0 Å². The van der Waals surface area contributed by atoms with Crippen LogP contribution in [0.25, 0.3) is 5.57 Å². The molecule has 0 aliphatic carbocycles. The van der Waals surface area contributed by atoms with E-state index in [-0.39, 0.29) is 6.04 Å². The van der Waals surface area contributed by atoms with Gasteiger partial charge in [0.05, 0.1) is 16.6 Å². The number of hydrogen-bond acceptors (Lipinski definition) is 2. The molecular weight excluding hydrogens is 354 g/mol. The molecule has 27 heavy (non-hydrogen) atoms. The molecule has 4 rings (SSSR count). The second-order valence-electron chi connectivity index (χ2n) is 6.82. The molecule has 0 fully saturated rings. The van der Waals surface area contributed by atoms with Crippen LogP contribution in [0.1, 0.15) is 23.6 Å². The fraction of sp³-hybridized carbons (Fsp3) is 0.130. The maximum absolute atomic E-state index is 13.4. The highest BCUT2D eigenvalue weighted by Gasteiger charge is 2.34. The number of hydrogen-bond donors (Lipinski definition) is 0. The highest BCUT2D eigenvalue weighted by atomic mass is 32.2. The van der Waals surface area contributed by atoms with Crippen molar-refractivity contribution < 1.29 is 8.42 Å². The van der Waals surface area contributed by atoms with Gasteiger partial charge in [-0.25, -0.2) is 8.42 Å². The zero-order valence-corrected chi connectivity index (χ0v) is 16.1. The summed E-state index contributed by atoms with van der Waals surface area (Å²) in [4.78, 5) is 0.311. The van der Waals surface area contributed by atoms with E-state index in [2.05, 4.69) is 12.1 Å². The molecule has 3 nitrogen and oxygen atoms in total. The van der Waals surface area contributed by atoms with Crippen LogP contribution in [0.2, 0.25) is 0 Å². The Hall–Kier alpha value is -2.85. The minimum absolute atomic E-state index is 0.290. The van der Waals surface area contributed by atoms with Crippen molar-refractivity contribution in [2.75, 3.05) is 4.31 Å². The van der Waals surface area contributed by atoms with Crippen molar-refractivity contribution in [1.29, 1.82) is 0 Å². The summed E-state index contributed by atoms with van der Waals surface area (Å²) < 4.78 is 28.4. The quantitative estimate of drug-likeness (QED) is 0.644. The second kappa shape index (κ2) is 6.71. The van der Waals surface area contributed by atoms with Gasteiger partial charge in [0, 0.05) is 5.56 Å². The van der Waals surface area contributed by atoms with Crippen molar-refractivity contribution in [2.45, 2.75) is 24.8 Å². The van der Waals surface area contributed by atoms with E-state index in [4.69, 9.17) is 0 Å². The molecule has 0 saturated carbocycles. The van der Waals surface area contributed by atoms with Crippen LogP contribution in [0.15, 0.2) is 89.8 Å². The monoisotopic (exact) mass is 375 g/mol. The molecule has 4 heteroatoms. The van der Waals surface area contributed by atoms with Gasteiger partial charge in [0.15, 0.2) is 0 Å². The Morgan fingerprint density at radius 1 is 0.815 bits per heavy atom. The Balaban J connectivity index is 1.87. The number of sulfonamides is 1. The fourth-order valence-corrected chi connectivity index (χ4v) is 5.18. The molecule has 0 aromatic heterocycles. The molecule has 0 N–H and O–H groups in total. The maximum atomic E-state index is 13.4. The summed E-state index contributed by atoms with van der Waals surface area (Å²) >= 11 is 0. The van der Waals surface area contributed by atoms with Crippen molar-refractivity contribution in [2.24, 2.45) is 0 Å². The minimum Gasteiger partial charge on any atom is -0.259 e. The number of aryl methyl sites for hydroxylation is 1. The molecule has 3 aromatic rings. The molecule has 0 bridgehead atoms. The summed E-state index contributed by atoms with van der Waals surface area (Å²) in [5.74, 6) is 0. The van der Waals surface area contributed by atoms with Crippen LogP contribution >= 0.6 is 0 Å². The van der Waals surface area contributed by atoms with Gasteiger partial charge in [-0.2, -0.15) is 0 Å². The lowest BCUT2D eigenvalue weighted by Crippen LogP contribution is -2.40. The lowest BCUT2D eigenvalue weighted by atomic mass is 9.92. The number of fused-ring (bicyclic) bond motifs is 1. The van der Waals surface area contributed by atoms with Crippen molar-refractivity contribution in [3.8, 4) is 0 Å². The molecule has 1 unspecified atom stereocenters. The van der Waals surface area contributed by atoms with E-state index in [0.29, 0.717) is 10.6 Å². The molecular formula is C23H21NO2S. The zero-order chi connectivity index (χ0) is 19.0. The second-order valence-corrected chi connectivity index (χ2v) is 8.63. The SMILES string of the molecule is Cc1ccc(S(=O)(=O)N2c3ccccc3C(c3ccccc3)=CC2C)cc1. The number of para-hydroxylation sites is 1. The fourth-order valence-electron chi connectivity index (χ4n) is 3.55. The van der Waals surface area contributed by atoms with Crippen molar-refractivity contribution >= 4 is 21.3 Å². The van der Waals surface area contributed by atoms with Gasteiger partial charge in [0.1, 0.15) is 0 Å². The molecule has 0 amide bonds. The Morgan fingerprint density at radius 3 is 2.15 bits per heavy atom. The first kappa shape index (κ1) is 17.6.